The second kappa shape index (κ2) is 20.1. The molecule has 1 aromatic rings. The second-order valence-electron chi connectivity index (χ2n) is 11.0. The average Bonchev–Trinajstić information content (AvgIpc) is 2.90. The summed E-state index contributed by atoms with van der Waals surface area (Å²) in [7, 11) is 0. The molecule has 0 heterocycles. The molecular formula is C31H58O3Sn2. The van der Waals surface area contributed by atoms with Crippen LogP contribution in [-0.2, 0) is 3.07 Å². The summed E-state index contributed by atoms with van der Waals surface area (Å²) in [6.07, 6.45) is 14.5. The number of benzene rings is 1. The van der Waals surface area contributed by atoms with E-state index in [4.69, 9.17) is 6.15 Å². The van der Waals surface area contributed by atoms with Crippen LogP contribution in [0.1, 0.15) is 129 Å². The molecule has 1 aromatic carbocycles. The molecule has 1 rings (SSSR count). The molecule has 0 unspecified atom stereocenters. The molecular weight excluding hydrogens is 658 g/mol. The van der Waals surface area contributed by atoms with Crippen LogP contribution < -0.4 is 3.07 Å². The van der Waals surface area contributed by atoms with E-state index in [1.54, 1.807) is 0 Å². The molecule has 0 atom stereocenters. The molecule has 0 spiro atoms. The number of hydrogen-bond acceptors (Lipinski definition) is 3. The normalized spacial score (nSPS) is 12.1. The van der Waals surface area contributed by atoms with Crippen LogP contribution in [-0.4, -0.2) is 43.6 Å². The van der Waals surface area contributed by atoms with Gasteiger partial charge in [-0.25, -0.2) is 0 Å². The molecule has 0 aliphatic carbocycles. The summed E-state index contributed by atoms with van der Waals surface area (Å²) < 4.78 is 21.2. The molecule has 36 heavy (non-hydrogen) atoms. The maximum atomic E-state index is 13.9. The van der Waals surface area contributed by atoms with Crippen molar-refractivity contribution in [2.24, 2.45) is 0 Å². The van der Waals surface area contributed by atoms with Crippen LogP contribution in [0.15, 0.2) is 24.3 Å². The van der Waals surface area contributed by atoms with Gasteiger partial charge in [-0.15, -0.1) is 0 Å². The summed E-state index contributed by atoms with van der Waals surface area (Å²) in [5, 5.41) is 0. The van der Waals surface area contributed by atoms with Gasteiger partial charge in [0.25, 0.3) is 0 Å². The van der Waals surface area contributed by atoms with Crippen molar-refractivity contribution in [3.8, 4) is 5.75 Å². The Morgan fingerprint density at radius 2 is 0.944 bits per heavy atom. The Kier molecular flexibility index (Phi) is 19.0. The Balaban J connectivity index is 3.31. The Bertz CT molecular complexity index is 663. The van der Waals surface area contributed by atoms with Gasteiger partial charge in [-0.1, -0.05) is 0 Å². The molecule has 5 heteroatoms. The van der Waals surface area contributed by atoms with Crippen LogP contribution in [0.3, 0.4) is 0 Å². The van der Waals surface area contributed by atoms with E-state index in [9.17, 15) is 4.79 Å². The van der Waals surface area contributed by atoms with Gasteiger partial charge in [0.15, 0.2) is 0 Å². The first-order valence-corrected chi connectivity index (χ1v) is 29.9. The molecule has 0 aliphatic rings. The maximum absolute atomic E-state index is 13.9. The van der Waals surface area contributed by atoms with Gasteiger partial charge in [0.1, 0.15) is 0 Å². The minimum atomic E-state index is -3.05. The first-order valence-electron chi connectivity index (χ1n) is 15.5. The molecule has 0 bridgehead atoms. The molecule has 0 amide bonds. The van der Waals surface area contributed by atoms with Crippen LogP contribution in [0.25, 0.3) is 0 Å². The zero-order valence-electron chi connectivity index (χ0n) is 24.8. The van der Waals surface area contributed by atoms with E-state index in [1.807, 2.05) is 18.2 Å². The predicted molar refractivity (Wildman–Crippen MR) is 162 cm³/mol. The van der Waals surface area contributed by atoms with E-state index in [0.717, 1.165) is 5.75 Å². The van der Waals surface area contributed by atoms with Gasteiger partial charge in [0.05, 0.1) is 0 Å². The van der Waals surface area contributed by atoms with Crippen molar-refractivity contribution in [2.75, 3.05) is 0 Å². The third-order valence-corrected chi connectivity index (χ3v) is 32.9. The van der Waals surface area contributed by atoms with Gasteiger partial charge in [0, 0.05) is 0 Å². The van der Waals surface area contributed by atoms with Gasteiger partial charge in [0.2, 0.25) is 0 Å². The molecule has 0 N–H and O–H groups in total. The van der Waals surface area contributed by atoms with Gasteiger partial charge >= 0.3 is 235 Å². The van der Waals surface area contributed by atoms with Crippen molar-refractivity contribution in [3.63, 3.8) is 0 Å². The number of carbonyl (C=O) groups excluding carboxylic acids is 1. The van der Waals surface area contributed by atoms with Gasteiger partial charge < -0.3 is 0 Å². The molecule has 0 aromatic heterocycles. The number of carbonyl (C=O) groups is 1. The minimum absolute atomic E-state index is 0.0774. The Morgan fingerprint density at radius 3 is 1.33 bits per heavy atom. The Labute approximate surface area is 233 Å². The van der Waals surface area contributed by atoms with E-state index < -0.39 is 37.6 Å². The Hall–Kier alpha value is 0.0874. The quantitative estimate of drug-likeness (QED) is 0.112. The van der Waals surface area contributed by atoms with Crippen molar-refractivity contribution in [3.05, 3.63) is 29.8 Å². The first-order chi connectivity index (χ1) is 17.4. The Morgan fingerprint density at radius 1 is 0.583 bits per heavy atom. The van der Waals surface area contributed by atoms with E-state index in [0.29, 0.717) is 5.56 Å². The predicted octanol–water partition coefficient (Wildman–Crippen LogP) is 10.9. The average molecular weight is 716 g/mol. The van der Waals surface area contributed by atoms with Crippen LogP contribution in [0.2, 0.25) is 26.6 Å². The summed E-state index contributed by atoms with van der Waals surface area (Å²) in [5.41, 5.74) is 0.702. The van der Waals surface area contributed by atoms with Crippen LogP contribution in [0.5, 0.6) is 5.75 Å². The fourth-order valence-corrected chi connectivity index (χ4v) is 31.7. The van der Waals surface area contributed by atoms with Crippen molar-refractivity contribution < 1.29 is 10.9 Å². The SMILES string of the molecule is CCC[CH2][Sn]([CH2]CCC)([CH2]CCC)[O]C(=O)c1ccccc1[O][Sn]([CH2]CCC)([CH2]CCC)[CH2]CCC. The first kappa shape index (κ1) is 34.1. The molecule has 0 fully saturated rings. The topological polar surface area (TPSA) is 35.5 Å². The second-order valence-corrected chi connectivity index (χ2v) is 34.2. The van der Waals surface area contributed by atoms with E-state index >= 15 is 0 Å². The zero-order chi connectivity index (χ0) is 26.7. The van der Waals surface area contributed by atoms with E-state index in [-0.39, 0.29) is 5.97 Å². The molecule has 0 saturated heterocycles. The molecule has 0 radical (unpaired) electrons. The van der Waals surface area contributed by atoms with Crippen LogP contribution in [0.4, 0.5) is 0 Å². The van der Waals surface area contributed by atoms with Crippen molar-refractivity contribution in [2.45, 2.75) is 145 Å². The van der Waals surface area contributed by atoms with E-state index in [1.165, 1.54) is 104 Å². The van der Waals surface area contributed by atoms with E-state index in [2.05, 4.69) is 47.6 Å². The number of para-hydroxylation sites is 1. The van der Waals surface area contributed by atoms with Gasteiger partial charge in [-0.2, -0.15) is 0 Å². The standard InChI is InChI=1S/C7H6O3.6C4H9.2Sn/c8-6-4-2-1-3-5(6)7(9)10;6*1-3-4-2;;/h1-4,8H,(H,9,10);6*1,3-4H2,2H3;;/q;;;;;;;2*+1/p-2. The monoisotopic (exact) mass is 718 g/mol. The number of hydrogen-bond donors (Lipinski definition) is 0. The van der Waals surface area contributed by atoms with Gasteiger partial charge in [-0.3, -0.25) is 0 Å². The fourth-order valence-electron chi connectivity index (χ4n) is 5.26. The summed E-state index contributed by atoms with van der Waals surface area (Å²) in [6.45, 7) is 13.6. The summed E-state index contributed by atoms with van der Waals surface area (Å²) in [5.74, 6) is 0.759. The zero-order valence-corrected chi connectivity index (χ0v) is 30.5. The third kappa shape index (κ3) is 12.3. The van der Waals surface area contributed by atoms with Crippen molar-refractivity contribution in [1.82, 2.24) is 0 Å². The van der Waals surface area contributed by atoms with Gasteiger partial charge in [-0.05, 0) is 0 Å². The van der Waals surface area contributed by atoms with Crippen LogP contribution in [0, 0.1) is 0 Å². The number of unbranched alkanes of at least 4 members (excludes halogenated alkanes) is 6. The van der Waals surface area contributed by atoms with Crippen molar-refractivity contribution >= 4 is 43.6 Å². The van der Waals surface area contributed by atoms with Crippen molar-refractivity contribution in [1.29, 1.82) is 0 Å². The third-order valence-electron chi connectivity index (χ3n) is 7.66. The molecule has 3 nitrogen and oxygen atoms in total. The summed E-state index contributed by atoms with van der Waals surface area (Å²) in [6, 6.07) is 8.08. The molecule has 0 aliphatic heterocycles. The fraction of sp³-hybridized carbons (Fsp3) is 0.774. The summed E-state index contributed by atoms with van der Waals surface area (Å²) in [4.78, 5) is 13.9. The molecule has 0 saturated carbocycles. The summed E-state index contributed by atoms with van der Waals surface area (Å²) >= 11 is -5.96. The van der Waals surface area contributed by atoms with Crippen LogP contribution >= 0.6 is 0 Å². The molecule has 208 valence electrons. The number of rotatable bonds is 22.